The molecule has 0 atom stereocenters. The standard InChI is InChI=1S/C20H23NO5/c1-12-15(18(23)24)17(14-8-6-5-7-9-14)16(13(2)21-12)19(25)26-20(3,4)10-11-22/h5-9,22H,10-11H2,1-4H3,(H,23,24)/p-1. The number of rotatable bonds is 6. The van der Waals surface area contributed by atoms with Crippen molar-refractivity contribution in [1.82, 2.24) is 4.98 Å². The van der Waals surface area contributed by atoms with Gasteiger partial charge in [0.1, 0.15) is 5.60 Å². The Morgan fingerprint density at radius 3 is 2.23 bits per heavy atom. The second kappa shape index (κ2) is 7.66. The average Bonchev–Trinajstić information content (AvgIpc) is 2.53. The predicted octanol–water partition coefficient (Wildman–Crippen LogP) is 2.05. The Morgan fingerprint density at radius 1 is 1.12 bits per heavy atom. The van der Waals surface area contributed by atoms with Crippen molar-refractivity contribution in [3.63, 3.8) is 0 Å². The van der Waals surface area contributed by atoms with Crippen LogP contribution in [0.5, 0.6) is 0 Å². The second-order valence-electron chi connectivity index (χ2n) is 6.68. The number of nitrogens with zero attached hydrogens (tertiary/aromatic N) is 1. The molecule has 1 aromatic carbocycles. The summed E-state index contributed by atoms with van der Waals surface area (Å²) in [4.78, 5) is 28.8. The number of hydrogen-bond acceptors (Lipinski definition) is 6. The Kier molecular flexibility index (Phi) is 5.77. The summed E-state index contributed by atoms with van der Waals surface area (Å²) in [7, 11) is 0. The van der Waals surface area contributed by atoms with Gasteiger partial charge in [-0.1, -0.05) is 30.3 Å². The molecule has 0 fully saturated rings. The Labute approximate surface area is 152 Å². The largest absolute Gasteiger partial charge is 0.545 e. The first-order valence-corrected chi connectivity index (χ1v) is 8.30. The van der Waals surface area contributed by atoms with Crippen molar-refractivity contribution in [2.24, 2.45) is 0 Å². The van der Waals surface area contributed by atoms with Crippen LogP contribution in [0.25, 0.3) is 11.1 Å². The molecule has 2 aromatic rings. The fourth-order valence-electron chi connectivity index (χ4n) is 2.87. The number of aliphatic hydroxyl groups excluding tert-OH is 1. The Bertz CT molecular complexity index is 828. The molecule has 2 rings (SSSR count). The van der Waals surface area contributed by atoms with E-state index in [4.69, 9.17) is 9.84 Å². The third kappa shape index (κ3) is 4.08. The van der Waals surface area contributed by atoms with Crippen LogP contribution in [0.4, 0.5) is 0 Å². The van der Waals surface area contributed by atoms with Crippen LogP contribution in [0.1, 0.15) is 52.4 Å². The molecule has 1 aromatic heterocycles. The van der Waals surface area contributed by atoms with E-state index < -0.39 is 17.5 Å². The fourth-order valence-corrected chi connectivity index (χ4v) is 2.87. The SMILES string of the molecule is Cc1nc(C)c(C(=O)OC(C)(C)CCO)c(-c2ccccc2)c1C(=O)[O-]. The van der Waals surface area contributed by atoms with E-state index in [2.05, 4.69) is 4.98 Å². The van der Waals surface area contributed by atoms with Crippen molar-refractivity contribution >= 4 is 11.9 Å². The van der Waals surface area contributed by atoms with Crippen LogP contribution in [0, 0.1) is 13.8 Å². The zero-order valence-electron chi connectivity index (χ0n) is 15.3. The van der Waals surface area contributed by atoms with Crippen molar-refractivity contribution in [1.29, 1.82) is 0 Å². The van der Waals surface area contributed by atoms with E-state index in [-0.39, 0.29) is 35.4 Å². The van der Waals surface area contributed by atoms with E-state index in [0.29, 0.717) is 11.3 Å². The lowest BCUT2D eigenvalue weighted by Crippen LogP contribution is -2.31. The number of carboxylic acids is 1. The maximum atomic E-state index is 12.9. The van der Waals surface area contributed by atoms with Gasteiger partial charge in [-0.2, -0.15) is 0 Å². The highest BCUT2D eigenvalue weighted by Gasteiger charge is 2.29. The van der Waals surface area contributed by atoms with E-state index >= 15 is 0 Å². The lowest BCUT2D eigenvalue weighted by molar-refractivity contribution is -0.255. The summed E-state index contributed by atoms with van der Waals surface area (Å²) < 4.78 is 5.53. The molecule has 138 valence electrons. The number of aryl methyl sites for hydroxylation is 2. The van der Waals surface area contributed by atoms with E-state index in [1.165, 1.54) is 0 Å². The summed E-state index contributed by atoms with van der Waals surface area (Å²) in [5.41, 5.74) is 0.496. The predicted molar refractivity (Wildman–Crippen MR) is 94.7 cm³/mol. The maximum absolute atomic E-state index is 12.9. The number of aromatic nitrogens is 1. The number of benzene rings is 1. The molecule has 26 heavy (non-hydrogen) atoms. The number of aliphatic hydroxyl groups is 1. The minimum Gasteiger partial charge on any atom is -0.545 e. The number of pyridine rings is 1. The Hall–Kier alpha value is -2.73. The summed E-state index contributed by atoms with van der Waals surface area (Å²) in [5, 5.41) is 20.9. The number of ether oxygens (including phenoxy) is 1. The van der Waals surface area contributed by atoms with Crippen LogP contribution in [-0.2, 0) is 4.74 Å². The van der Waals surface area contributed by atoms with E-state index in [1.54, 1.807) is 58.0 Å². The number of hydrogen-bond donors (Lipinski definition) is 1. The van der Waals surface area contributed by atoms with Crippen LogP contribution < -0.4 is 5.11 Å². The number of carbonyl (C=O) groups excluding carboxylic acids is 2. The first kappa shape index (κ1) is 19.6. The minimum absolute atomic E-state index is 0.0898. The van der Waals surface area contributed by atoms with E-state index in [9.17, 15) is 14.7 Å². The molecular formula is C20H22NO5-. The molecule has 1 heterocycles. The molecule has 0 aliphatic rings. The van der Waals surface area contributed by atoms with Gasteiger partial charge in [-0.05, 0) is 33.3 Å². The minimum atomic E-state index is -1.41. The van der Waals surface area contributed by atoms with Crippen LogP contribution in [0.3, 0.4) is 0 Å². The van der Waals surface area contributed by atoms with Gasteiger partial charge in [-0.25, -0.2) is 4.79 Å². The van der Waals surface area contributed by atoms with Gasteiger partial charge in [0.05, 0.1) is 17.2 Å². The monoisotopic (exact) mass is 356 g/mol. The first-order valence-electron chi connectivity index (χ1n) is 8.30. The van der Waals surface area contributed by atoms with Crippen LogP contribution in [0.2, 0.25) is 0 Å². The Morgan fingerprint density at radius 2 is 1.69 bits per heavy atom. The topological polar surface area (TPSA) is 99.6 Å². The molecule has 0 saturated carbocycles. The van der Waals surface area contributed by atoms with Gasteiger partial charge in [0, 0.05) is 29.8 Å². The average molecular weight is 356 g/mol. The molecule has 0 radical (unpaired) electrons. The second-order valence-corrected chi connectivity index (χ2v) is 6.68. The molecule has 6 heteroatoms. The van der Waals surface area contributed by atoms with Crippen molar-refractivity contribution in [3.8, 4) is 11.1 Å². The molecular weight excluding hydrogens is 334 g/mol. The summed E-state index contributed by atoms with van der Waals surface area (Å²) in [5.74, 6) is -2.09. The number of carboxylic acid groups (broad SMARTS) is 1. The number of aromatic carboxylic acids is 1. The van der Waals surface area contributed by atoms with Crippen LogP contribution in [0.15, 0.2) is 30.3 Å². The molecule has 6 nitrogen and oxygen atoms in total. The summed E-state index contributed by atoms with van der Waals surface area (Å²) in [6.07, 6.45) is 0.255. The molecule has 0 unspecified atom stereocenters. The highest BCUT2D eigenvalue weighted by Crippen LogP contribution is 2.32. The first-order chi connectivity index (χ1) is 12.2. The Balaban J connectivity index is 2.71. The van der Waals surface area contributed by atoms with Gasteiger partial charge in [-0.3, -0.25) is 4.98 Å². The zero-order chi connectivity index (χ0) is 19.5. The molecule has 0 bridgehead atoms. The van der Waals surface area contributed by atoms with Gasteiger partial charge < -0.3 is 19.7 Å². The van der Waals surface area contributed by atoms with E-state index in [0.717, 1.165) is 0 Å². The highest BCUT2D eigenvalue weighted by atomic mass is 16.6. The third-order valence-corrected chi connectivity index (χ3v) is 4.11. The lowest BCUT2D eigenvalue weighted by atomic mass is 9.92. The molecule has 0 aliphatic carbocycles. The van der Waals surface area contributed by atoms with Gasteiger partial charge in [-0.15, -0.1) is 0 Å². The fraction of sp³-hybridized carbons (Fsp3) is 0.350. The quantitative estimate of drug-likeness (QED) is 0.795. The number of carbonyl (C=O) groups is 2. The molecule has 0 aliphatic heterocycles. The molecule has 0 spiro atoms. The van der Waals surface area contributed by atoms with Crippen molar-refractivity contribution in [2.75, 3.05) is 6.61 Å². The summed E-state index contributed by atoms with van der Waals surface area (Å²) >= 11 is 0. The highest BCUT2D eigenvalue weighted by molar-refractivity contribution is 6.06. The lowest BCUT2D eigenvalue weighted by Gasteiger charge is -2.26. The summed E-state index contributed by atoms with van der Waals surface area (Å²) in [6, 6.07) is 8.74. The maximum Gasteiger partial charge on any atom is 0.341 e. The summed E-state index contributed by atoms with van der Waals surface area (Å²) in [6.45, 7) is 6.42. The zero-order valence-corrected chi connectivity index (χ0v) is 15.3. The van der Waals surface area contributed by atoms with Gasteiger partial charge in [0.25, 0.3) is 0 Å². The van der Waals surface area contributed by atoms with Crippen LogP contribution in [-0.4, -0.2) is 34.2 Å². The van der Waals surface area contributed by atoms with Crippen molar-refractivity contribution < 1.29 is 24.5 Å². The van der Waals surface area contributed by atoms with E-state index in [1.807, 2.05) is 0 Å². The van der Waals surface area contributed by atoms with Crippen molar-refractivity contribution in [2.45, 2.75) is 39.7 Å². The smallest absolute Gasteiger partial charge is 0.341 e. The number of esters is 1. The van der Waals surface area contributed by atoms with Crippen molar-refractivity contribution in [3.05, 3.63) is 52.8 Å². The molecule has 0 saturated heterocycles. The normalized spacial score (nSPS) is 11.3. The van der Waals surface area contributed by atoms with Gasteiger partial charge in [0.15, 0.2) is 0 Å². The van der Waals surface area contributed by atoms with Gasteiger partial charge >= 0.3 is 5.97 Å². The molecule has 0 amide bonds. The van der Waals surface area contributed by atoms with Gasteiger partial charge in [0.2, 0.25) is 0 Å². The third-order valence-electron chi connectivity index (χ3n) is 4.11. The molecule has 1 N–H and O–H groups in total. The van der Waals surface area contributed by atoms with Crippen LogP contribution >= 0.6 is 0 Å².